The predicted molar refractivity (Wildman–Crippen MR) is 89.9 cm³/mol. The summed E-state index contributed by atoms with van der Waals surface area (Å²) in [6, 6.07) is 14.4. The number of rotatable bonds is 6. The molecule has 0 bridgehead atoms. The molecule has 1 atom stereocenters. The zero-order valence-corrected chi connectivity index (χ0v) is 13.5. The zero-order valence-electron chi connectivity index (χ0n) is 13.5. The van der Waals surface area contributed by atoms with Crippen molar-refractivity contribution < 1.29 is 9.84 Å². The Morgan fingerprint density at radius 3 is 2.43 bits per heavy atom. The van der Waals surface area contributed by atoms with Crippen molar-refractivity contribution in [1.82, 2.24) is 5.32 Å². The summed E-state index contributed by atoms with van der Waals surface area (Å²) in [5.74, 6) is 0.821. The van der Waals surface area contributed by atoms with Gasteiger partial charge in [0, 0.05) is 18.0 Å². The molecular weight excluding hydrogens is 262 g/mol. The van der Waals surface area contributed by atoms with Crippen molar-refractivity contribution in [3.05, 3.63) is 42.5 Å². The standard InChI is InChI=1S/C16H21NO2.C2H6/c1-12(2)17-10-14(18)11-19-16-9-5-7-13-6-3-4-8-15(13)16;1-2/h3-9,12,14,17-18H,10-11H2,1-2H3;1-2H3. The van der Waals surface area contributed by atoms with Gasteiger partial charge in [0.2, 0.25) is 0 Å². The number of hydrogen-bond donors (Lipinski definition) is 2. The minimum atomic E-state index is -0.499. The fraction of sp³-hybridized carbons (Fsp3) is 0.444. The van der Waals surface area contributed by atoms with Gasteiger partial charge in [0.15, 0.2) is 0 Å². The summed E-state index contributed by atoms with van der Waals surface area (Å²) in [5, 5.41) is 15.3. The van der Waals surface area contributed by atoms with Crippen LogP contribution in [0.5, 0.6) is 5.75 Å². The average Bonchev–Trinajstić information content (AvgIpc) is 2.52. The van der Waals surface area contributed by atoms with Crippen molar-refractivity contribution in [2.75, 3.05) is 13.2 Å². The maximum atomic E-state index is 9.84. The minimum absolute atomic E-state index is 0.299. The predicted octanol–water partition coefficient (Wildman–Crippen LogP) is 3.60. The third kappa shape index (κ3) is 5.74. The number of ether oxygens (including phenoxy) is 1. The molecule has 2 N–H and O–H groups in total. The number of aliphatic hydroxyl groups excluding tert-OH is 1. The maximum Gasteiger partial charge on any atom is 0.127 e. The fourth-order valence-electron chi connectivity index (χ4n) is 1.94. The molecule has 0 spiro atoms. The highest BCUT2D eigenvalue weighted by Crippen LogP contribution is 2.25. The van der Waals surface area contributed by atoms with Crippen LogP contribution in [0.4, 0.5) is 0 Å². The van der Waals surface area contributed by atoms with Crippen LogP contribution >= 0.6 is 0 Å². The Morgan fingerprint density at radius 1 is 1.05 bits per heavy atom. The van der Waals surface area contributed by atoms with Gasteiger partial charge in [-0.05, 0) is 11.5 Å². The van der Waals surface area contributed by atoms with E-state index in [1.807, 2.05) is 44.2 Å². The zero-order chi connectivity index (χ0) is 15.7. The van der Waals surface area contributed by atoms with E-state index < -0.39 is 6.10 Å². The Balaban J connectivity index is 0.00000106. The summed E-state index contributed by atoms with van der Waals surface area (Å²) in [6.45, 7) is 8.95. The Morgan fingerprint density at radius 2 is 1.71 bits per heavy atom. The van der Waals surface area contributed by atoms with Gasteiger partial charge in [0.05, 0.1) is 0 Å². The van der Waals surface area contributed by atoms with E-state index in [0.29, 0.717) is 19.2 Å². The lowest BCUT2D eigenvalue weighted by Gasteiger charge is -2.15. The van der Waals surface area contributed by atoms with Crippen LogP contribution in [-0.2, 0) is 0 Å². The van der Waals surface area contributed by atoms with Gasteiger partial charge in [-0.3, -0.25) is 0 Å². The molecule has 3 nitrogen and oxygen atoms in total. The quantitative estimate of drug-likeness (QED) is 0.853. The van der Waals surface area contributed by atoms with Crippen molar-refractivity contribution in [3.8, 4) is 5.75 Å². The molecule has 0 saturated carbocycles. The molecule has 21 heavy (non-hydrogen) atoms. The second kappa shape index (κ2) is 9.37. The molecule has 2 aromatic rings. The third-order valence-electron chi connectivity index (χ3n) is 2.94. The topological polar surface area (TPSA) is 41.5 Å². The Kier molecular flexibility index (Phi) is 7.80. The number of hydrogen-bond acceptors (Lipinski definition) is 3. The molecule has 0 aliphatic rings. The number of aliphatic hydroxyl groups is 1. The van der Waals surface area contributed by atoms with Gasteiger partial charge < -0.3 is 15.2 Å². The summed E-state index contributed by atoms with van der Waals surface area (Å²) in [6.07, 6.45) is -0.499. The summed E-state index contributed by atoms with van der Waals surface area (Å²) in [4.78, 5) is 0. The molecule has 0 amide bonds. The molecule has 0 aliphatic carbocycles. The van der Waals surface area contributed by atoms with Crippen molar-refractivity contribution in [1.29, 1.82) is 0 Å². The Hall–Kier alpha value is -1.58. The van der Waals surface area contributed by atoms with Crippen LogP contribution in [0.15, 0.2) is 42.5 Å². The Bertz CT molecular complexity index is 520. The number of benzene rings is 2. The van der Waals surface area contributed by atoms with E-state index in [0.717, 1.165) is 16.5 Å². The second-order valence-corrected chi connectivity index (χ2v) is 5.01. The lowest BCUT2D eigenvalue weighted by molar-refractivity contribution is 0.105. The summed E-state index contributed by atoms with van der Waals surface area (Å²) in [5.41, 5.74) is 0. The summed E-state index contributed by atoms with van der Waals surface area (Å²) < 4.78 is 5.72. The highest BCUT2D eigenvalue weighted by molar-refractivity contribution is 5.88. The molecule has 0 aliphatic heterocycles. The summed E-state index contributed by atoms with van der Waals surface area (Å²) in [7, 11) is 0. The van der Waals surface area contributed by atoms with Crippen LogP contribution in [0.2, 0.25) is 0 Å². The van der Waals surface area contributed by atoms with E-state index in [4.69, 9.17) is 4.74 Å². The van der Waals surface area contributed by atoms with E-state index in [2.05, 4.69) is 31.3 Å². The lowest BCUT2D eigenvalue weighted by atomic mass is 10.1. The van der Waals surface area contributed by atoms with E-state index in [1.165, 1.54) is 0 Å². The molecule has 1 unspecified atom stereocenters. The first-order valence-electron chi connectivity index (χ1n) is 7.69. The van der Waals surface area contributed by atoms with Crippen LogP contribution in [0, 0.1) is 0 Å². The van der Waals surface area contributed by atoms with Gasteiger partial charge in [-0.2, -0.15) is 0 Å². The number of fused-ring (bicyclic) bond motifs is 1. The highest BCUT2D eigenvalue weighted by Gasteiger charge is 2.07. The van der Waals surface area contributed by atoms with Gasteiger partial charge in [-0.15, -0.1) is 0 Å². The molecule has 3 heteroatoms. The van der Waals surface area contributed by atoms with Gasteiger partial charge in [-0.25, -0.2) is 0 Å². The normalized spacial score (nSPS) is 11.9. The van der Waals surface area contributed by atoms with E-state index in [1.54, 1.807) is 0 Å². The first kappa shape index (κ1) is 17.5. The first-order chi connectivity index (χ1) is 10.2. The monoisotopic (exact) mass is 289 g/mol. The van der Waals surface area contributed by atoms with Crippen LogP contribution < -0.4 is 10.1 Å². The van der Waals surface area contributed by atoms with E-state index in [-0.39, 0.29) is 0 Å². The molecule has 0 fully saturated rings. The van der Waals surface area contributed by atoms with Crippen LogP contribution in [0.25, 0.3) is 10.8 Å². The second-order valence-electron chi connectivity index (χ2n) is 5.01. The third-order valence-corrected chi connectivity index (χ3v) is 2.94. The van der Waals surface area contributed by atoms with Crippen molar-refractivity contribution in [2.45, 2.75) is 39.8 Å². The smallest absolute Gasteiger partial charge is 0.127 e. The van der Waals surface area contributed by atoms with Crippen molar-refractivity contribution in [3.63, 3.8) is 0 Å². The molecule has 0 aromatic heterocycles. The molecule has 0 saturated heterocycles. The molecule has 116 valence electrons. The minimum Gasteiger partial charge on any atom is -0.490 e. The SMILES string of the molecule is CC.CC(C)NCC(O)COc1cccc2ccccc12. The van der Waals surface area contributed by atoms with E-state index in [9.17, 15) is 5.11 Å². The van der Waals surface area contributed by atoms with Gasteiger partial charge >= 0.3 is 0 Å². The average molecular weight is 289 g/mol. The maximum absolute atomic E-state index is 9.84. The van der Waals surface area contributed by atoms with Crippen LogP contribution in [0.1, 0.15) is 27.7 Å². The molecule has 0 heterocycles. The van der Waals surface area contributed by atoms with E-state index >= 15 is 0 Å². The van der Waals surface area contributed by atoms with Crippen LogP contribution in [-0.4, -0.2) is 30.4 Å². The van der Waals surface area contributed by atoms with Crippen molar-refractivity contribution in [2.24, 2.45) is 0 Å². The highest BCUT2D eigenvalue weighted by atomic mass is 16.5. The van der Waals surface area contributed by atoms with Gasteiger partial charge in [-0.1, -0.05) is 64.1 Å². The fourth-order valence-corrected chi connectivity index (χ4v) is 1.94. The van der Waals surface area contributed by atoms with Gasteiger partial charge in [0.25, 0.3) is 0 Å². The largest absolute Gasteiger partial charge is 0.490 e. The lowest BCUT2D eigenvalue weighted by Crippen LogP contribution is -2.35. The van der Waals surface area contributed by atoms with Crippen molar-refractivity contribution >= 4 is 10.8 Å². The van der Waals surface area contributed by atoms with Gasteiger partial charge in [0.1, 0.15) is 18.5 Å². The molecule has 2 aromatic carbocycles. The number of nitrogens with one attached hydrogen (secondary N) is 1. The Labute approximate surface area is 127 Å². The first-order valence-corrected chi connectivity index (χ1v) is 7.69. The molecular formula is C18H27NO2. The molecule has 0 radical (unpaired) electrons. The molecule has 2 rings (SSSR count). The van der Waals surface area contributed by atoms with Crippen LogP contribution in [0.3, 0.4) is 0 Å². The summed E-state index contributed by atoms with van der Waals surface area (Å²) >= 11 is 0.